The third-order valence-electron chi connectivity index (χ3n) is 4.80. The van der Waals surface area contributed by atoms with Crippen LogP contribution in [0.4, 0.5) is 17.1 Å². The van der Waals surface area contributed by atoms with Crippen molar-refractivity contribution < 1.29 is 9.59 Å². The molecular weight excluding hydrogens is 438 g/mol. The number of Topliss-reactive ketones (excluding diaryl/α,β-unsaturated/α-hetero) is 1. The van der Waals surface area contributed by atoms with Crippen molar-refractivity contribution in [3.63, 3.8) is 0 Å². The van der Waals surface area contributed by atoms with E-state index in [1.807, 2.05) is 68.4 Å². The lowest BCUT2D eigenvalue weighted by Crippen LogP contribution is -2.19. The van der Waals surface area contributed by atoms with E-state index in [4.69, 9.17) is 12.2 Å². The van der Waals surface area contributed by atoms with Crippen LogP contribution in [0.3, 0.4) is 0 Å². The lowest BCUT2D eigenvalue weighted by Gasteiger charge is -2.12. The first kappa shape index (κ1) is 23.5. The molecule has 0 saturated carbocycles. The zero-order valence-corrected chi connectivity index (χ0v) is 19.8. The Hall–Kier alpha value is -3.16. The van der Waals surface area contributed by atoms with Crippen LogP contribution in [0.5, 0.6) is 0 Å². The first-order valence-corrected chi connectivity index (χ1v) is 11.5. The summed E-state index contributed by atoms with van der Waals surface area (Å²) in [5, 5.41) is 9.62. The molecule has 0 aliphatic rings. The van der Waals surface area contributed by atoms with Gasteiger partial charge in [0.1, 0.15) is 0 Å². The van der Waals surface area contributed by atoms with Crippen molar-refractivity contribution in [3.8, 4) is 0 Å². The summed E-state index contributed by atoms with van der Waals surface area (Å²) in [5.41, 5.74) is 5.42. The van der Waals surface area contributed by atoms with Crippen LogP contribution in [0, 0.1) is 13.8 Å². The average Bonchev–Trinajstić information content (AvgIpc) is 2.75. The number of carbonyl (C=O) groups excluding carboxylic acids is 2. The van der Waals surface area contributed by atoms with Crippen molar-refractivity contribution in [3.05, 3.63) is 83.4 Å². The quantitative estimate of drug-likeness (QED) is 0.225. The number of nitrogens with one attached hydrogen (secondary N) is 3. The molecule has 3 aromatic carbocycles. The maximum absolute atomic E-state index is 12.3. The van der Waals surface area contributed by atoms with Crippen LogP contribution in [0.1, 0.15) is 28.4 Å². The molecule has 0 aliphatic heterocycles. The molecule has 32 heavy (non-hydrogen) atoms. The zero-order chi connectivity index (χ0) is 23.1. The van der Waals surface area contributed by atoms with Crippen molar-refractivity contribution in [1.82, 2.24) is 0 Å². The van der Waals surface area contributed by atoms with Gasteiger partial charge in [0.05, 0.1) is 5.75 Å². The minimum atomic E-state index is -0.0530. The van der Waals surface area contributed by atoms with Gasteiger partial charge in [0.25, 0.3) is 0 Å². The first-order chi connectivity index (χ1) is 15.3. The second kappa shape index (κ2) is 10.9. The molecule has 0 aromatic heterocycles. The maximum Gasteiger partial charge on any atom is 0.234 e. The van der Waals surface area contributed by atoms with Crippen LogP contribution in [-0.2, 0) is 4.79 Å². The van der Waals surface area contributed by atoms with E-state index in [0.29, 0.717) is 16.4 Å². The van der Waals surface area contributed by atoms with Gasteiger partial charge in [0.15, 0.2) is 10.9 Å². The Labute approximate surface area is 198 Å². The number of aryl methyl sites for hydroxylation is 2. The highest BCUT2D eigenvalue weighted by Gasteiger charge is 2.07. The second-order valence-electron chi connectivity index (χ2n) is 7.38. The SMILES string of the molecule is CC(=O)c1ccc(NC(=S)Nc2cccc(SCC(=O)Nc3ccc(C)c(C)c3)c2)cc1. The number of hydrogen-bond acceptors (Lipinski definition) is 4. The van der Waals surface area contributed by atoms with E-state index >= 15 is 0 Å². The van der Waals surface area contributed by atoms with Gasteiger partial charge in [-0.05, 0) is 98.7 Å². The van der Waals surface area contributed by atoms with Crippen LogP contribution in [0.2, 0.25) is 0 Å². The smallest absolute Gasteiger partial charge is 0.234 e. The van der Waals surface area contributed by atoms with Crippen molar-refractivity contribution >= 4 is 57.8 Å². The molecule has 0 heterocycles. The van der Waals surface area contributed by atoms with Crippen LogP contribution >= 0.6 is 24.0 Å². The van der Waals surface area contributed by atoms with E-state index in [1.54, 1.807) is 12.1 Å². The normalized spacial score (nSPS) is 10.3. The molecule has 5 nitrogen and oxygen atoms in total. The Morgan fingerprint density at radius 2 is 1.47 bits per heavy atom. The van der Waals surface area contributed by atoms with Gasteiger partial charge >= 0.3 is 0 Å². The third kappa shape index (κ3) is 6.93. The molecule has 0 aliphatic carbocycles. The van der Waals surface area contributed by atoms with Crippen LogP contribution < -0.4 is 16.0 Å². The Bertz CT molecular complexity index is 1140. The molecule has 0 bridgehead atoms. The van der Waals surface area contributed by atoms with E-state index in [-0.39, 0.29) is 11.7 Å². The summed E-state index contributed by atoms with van der Waals surface area (Å²) in [7, 11) is 0. The van der Waals surface area contributed by atoms with Crippen molar-refractivity contribution in [2.75, 3.05) is 21.7 Å². The molecule has 0 unspecified atom stereocenters. The minimum absolute atomic E-state index is 0.0224. The fraction of sp³-hybridized carbons (Fsp3) is 0.160. The van der Waals surface area contributed by atoms with Crippen LogP contribution in [-0.4, -0.2) is 22.6 Å². The highest BCUT2D eigenvalue weighted by atomic mass is 32.2. The van der Waals surface area contributed by atoms with Gasteiger partial charge in [-0.1, -0.05) is 12.1 Å². The Morgan fingerprint density at radius 1 is 0.812 bits per heavy atom. The van der Waals surface area contributed by atoms with Gasteiger partial charge in [-0.25, -0.2) is 0 Å². The molecule has 7 heteroatoms. The summed E-state index contributed by atoms with van der Waals surface area (Å²) < 4.78 is 0. The predicted octanol–water partition coefficient (Wildman–Crippen LogP) is 6.05. The van der Waals surface area contributed by atoms with E-state index < -0.39 is 0 Å². The summed E-state index contributed by atoms with van der Waals surface area (Å²) in [6.45, 7) is 5.61. The standard InChI is InChI=1S/C25H25N3O2S2/c1-16-7-10-22(13-17(16)2)26-24(30)15-32-23-6-4-5-21(14-23)28-25(31)27-20-11-8-19(9-12-20)18(3)29/h4-14H,15H2,1-3H3,(H,26,30)(H2,27,28,31). The first-order valence-electron chi connectivity index (χ1n) is 10.1. The van der Waals surface area contributed by atoms with E-state index in [1.165, 1.54) is 24.2 Å². The molecule has 0 fully saturated rings. The number of carbonyl (C=O) groups is 2. The zero-order valence-electron chi connectivity index (χ0n) is 18.2. The summed E-state index contributed by atoms with van der Waals surface area (Å²) in [4.78, 5) is 24.7. The molecule has 3 aromatic rings. The molecule has 3 N–H and O–H groups in total. The molecule has 1 amide bonds. The number of amides is 1. The Balaban J connectivity index is 1.51. The van der Waals surface area contributed by atoms with Crippen molar-refractivity contribution in [1.29, 1.82) is 0 Å². The number of anilines is 3. The average molecular weight is 464 g/mol. The summed E-state index contributed by atoms with van der Waals surface area (Å²) >= 11 is 6.84. The third-order valence-corrected chi connectivity index (χ3v) is 6.00. The van der Waals surface area contributed by atoms with Gasteiger partial charge in [-0.3, -0.25) is 9.59 Å². The van der Waals surface area contributed by atoms with Crippen LogP contribution in [0.25, 0.3) is 0 Å². The second-order valence-corrected chi connectivity index (χ2v) is 8.83. The minimum Gasteiger partial charge on any atom is -0.332 e. The molecule has 0 spiro atoms. The van der Waals surface area contributed by atoms with Gasteiger partial charge < -0.3 is 16.0 Å². The molecular formula is C25H25N3O2S2. The molecule has 0 atom stereocenters. The van der Waals surface area contributed by atoms with Gasteiger partial charge in [0, 0.05) is 27.5 Å². The lowest BCUT2D eigenvalue weighted by atomic mass is 10.1. The number of ketones is 1. The Morgan fingerprint density at radius 3 is 2.16 bits per heavy atom. The highest BCUT2D eigenvalue weighted by molar-refractivity contribution is 8.00. The summed E-state index contributed by atoms with van der Waals surface area (Å²) in [6, 6.07) is 20.7. The summed E-state index contributed by atoms with van der Waals surface area (Å²) in [5.74, 6) is 0.277. The van der Waals surface area contributed by atoms with Gasteiger partial charge in [-0.2, -0.15) is 0 Å². The number of thioether (sulfide) groups is 1. The van der Waals surface area contributed by atoms with Crippen molar-refractivity contribution in [2.24, 2.45) is 0 Å². The van der Waals surface area contributed by atoms with E-state index in [2.05, 4.69) is 16.0 Å². The maximum atomic E-state index is 12.3. The largest absolute Gasteiger partial charge is 0.332 e. The predicted molar refractivity (Wildman–Crippen MR) is 138 cm³/mol. The highest BCUT2D eigenvalue weighted by Crippen LogP contribution is 2.23. The molecule has 0 radical (unpaired) electrons. The Kier molecular flexibility index (Phi) is 8.03. The summed E-state index contributed by atoms with van der Waals surface area (Å²) in [6.07, 6.45) is 0. The fourth-order valence-electron chi connectivity index (χ4n) is 2.91. The fourth-order valence-corrected chi connectivity index (χ4v) is 3.90. The molecule has 3 rings (SSSR count). The number of thiocarbonyl (C=S) groups is 1. The number of rotatable bonds is 7. The van der Waals surface area contributed by atoms with E-state index in [0.717, 1.165) is 27.5 Å². The number of benzene rings is 3. The molecule has 0 saturated heterocycles. The van der Waals surface area contributed by atoms with Crippen molar-refractivity contribution in [2.45, 2.75) is 25.7 Å². The van der Waals surface area contributed by atoms with E-state index in [9.17, 15) is 9.59 Å². The topological polar surface area (TPSA) is 70.2 Å². The lowest BCUT2D eigenvalue weighted by molar-refractivity contribution is -0.113. The van der Waals surface area contributed by atoms with Gasteiger partial charge in [-0.15, -0.1) is 11.8 Å². The van der Waals surface area contributed by atoms with Gasteiger partial charge in [0.2, 0.25) is 5.91 Å². The molecule has 164 valence electrons. The monoisotopic (exact) mass is 463 g/mol. The number of hydrogen-bond donors (Lipinski definition) is 3. The van der Waals surface area contributed by atoms with Crippen LogP contribution in [0.15, 0.2) is 71.6 Å².